The third-order valence-electron chi connectivity index (χ3n) is 5.08. The van der Waals surface area contributed by atoms with Gasteiger partial charge in [0.2, 0.25) is 5.95 Å². The van der Waals surface area contributed by atoms with Crippen LogP contribution < -0.4 is 15.4 Å². The first-order valence-electron chi connectivity index (χ1n) is 8.62. The number of hydrogen-bond acceptors (Lipinski definition) is 7. The molecule has 1 atom stereocenters. The highest BCUT2D eigenvalue weighted by Crippen LogP contribution is 2.45. The molecule has 0 fully saturated rings. The summed E-state index contributed by atoms with van der Waals surface area (Å²) in [7, 11) is 1.71. The van der Waals surface area contributed by atoms with Gasteiger partial charge < -0.3 is 15.4 Å². The van der Waals surface area contributed by atoms with Crippen molar-refractivity contribution in [3.8, 4) is 5.75 Å². The predicted octanol–water partition coefficient (Wildman–Crippen LogP) is 3.07. The topological polar surface area (TPSA) is 77.2 Å². The average Bonchev–Trinajstić information content (AvgIpc) is 2.78. The van der Waals surface area contributed by atoms with E-state index in [-0.39, 0.29) is 0 Å². The molecule has 0 aliphatic carbocycles. The molecule has 2 aliphatic heterocycles. The molecule has 0 aromatic carbocycles. The maximum absolute atomic E-state index is 5.98. The van der Waals surface area contributed by atoms with Crippen molar-refractivity contribution in [1.82, 2.24) is 15.0 Å². The van der Waals surface area contributed by atoms with Crippen LogP contribution in [0.15, 0.2) is 11.2 Å². The molecule has 0 radical (unpaired) electrons. The predicted molar refractivity (Wildman–Crippen MR) is 100 cm³/mol. The van der Waals surface area contributed by atoms with Gasteiger partial charge in [0.25, 0.3) is 0 Å². The van der Waals surface area contributed by atoms with Crippen molar-refractivity contribution in [1.29, 1.82) is 0 Å². The number of pyridine rings is 1. The van der Waals surface area contributed by atoms with Crippen LogP contribution in [0, 0.1) is 13.8 Å². The number of thioether (sulfide) groups is 1. The van der Waals surface area contributed by atoms with Gasteiger partial charge in [-0.1, -0.05) is 0 Å². The van der Waals surface area contributed by atoms with Crippen molar-refractivity contribution < 1.29 is 4.74 Å². The molecule has 2 aliphatic rings. The van der Waals surface area contributed by atoms with Crippen LogP contribution in [0.2, 0.25) is 0 Å². The molecular weight excluding hydrogens is 334 g/mol. The van der Waals surface area contributed by atoms with Crippen molar-refractivity contribution in [3.05, 3.63) is 28.6 Å². The van der Waals surface area contributed by atoms with Crippen LogP contribution in [0.1, 0.15) is 41.1 Å². The third-order valence-corrected chi connectivity index (χ3v) is 6.16. The molecule has 7 heteroatoms. The summed E-state index contributed by atoms with van der Waals surface area (Å²) in [6.45, 7) is 5.76. The van der Waals surface area contributed by atoms with Crippen molar-refractivity contribution in [2.75, 3.05) is 30.0 Å². The van der Waals surface area contributed by atoms with Gasteiger partial charge >= 0.3 is 0 Å². The van der Waals surface area contributed by atoms with Gasteiger partial charge in [-0.3, -0.25) is 4.98 Å². The van der Waals surface area contributed by atoms with E-state index in [1.54, 1.807) is 7.11 Å². The summed E-state index contributed by atoms with van der Waals surface area (Å²) >= 11 is 1.81. The first kappa shape index (κ1) is 16.4. The Labute approximate surface area is 152 Å². The van der Waals surface area contributed by atoms with Gasteiger partial charge in [-0.05, 0) is 32.4 Å². The van der Waals surface area contributed by atoms with Crippen LogP contribution in [0.5, 0.6) is 5.75 Å². The third kappa shape index (κ3) is 2.80. The zero-order chi connectivity index (χ0) is 17.6. The van der Waals surface area contributed by atoms with Gasteiger partial charge in [0, 0.05) is 35.3 Å². The van der Waals surface area contributed by atoms with Crippen LogP contribution in [0.25, 0.3) is 0 Å². The second kappa shape index (κ2) is 6.37. The quantitative estimate of drug-likeness (QED) is 0.846. The van der Waals surface area contributed by atoms with Crippen LogP contribution in [0.4, 0.5) is 11.8 Å². The lowest BCUT2D eigenvalue weighted by molar-refractivity contribution is 0.406. The molecule has 25 heavy (non-hydrogen) atoms. The van der Waals surface area contributed by atoms with Gasteiger partial charge in [-0.25, -0.2) is 4.98 Å². The molecule has 0 bridgehead atoms. The van der Waals surface area contributed by atoms with E-state index >= 15 is 0 Å². The molecule has 6 nitrogen and oxygen atoms in total. The second-order valence-corrected chi connectivity index (χ2v) is 7.82. The highest BCUT2D eigenvalue weighted by molar-refractivity contribution is 7.99. The molecule has 2 N–H and O–H groups in total. The fourth-order valence-electron chi connectivity index (χ4n) is 3.89. The second-order valence-electron chi connectivity index (χ2n) is 6.74. The summed E-state index contributed by atoms with van der Waals surface area (Å²) in [5, 5.41) is 1.07. The van der Waals surface area contributed by atoms with E-state index in [2.05, 4.69) is 26.8 Å². The molecule has 4 rings (SSSR count). The molecule has 4 heterocycles. The van der Waals surface area contributed by atoms with E-state index in [0.29, 0.717) is 18.4 Å². The van der Waals surface area contributed by atoms with E-state index in [4.69, 9.17) is 10.5 Å². The molecule has 0 saturated heterocycles. The lowest BCUT2D eigenvalue weighted by atomic mass is 9.99. The Morgan fingerprint density at radius 3 is 3.00 bits per heavy atom. The minimum atomic E-state index is 0.361. The van der Waals surface area contributed by atoms with Crippen molar-refractivity contribution in [3.63, 3.8) is 0 Å². The summed E-state index contributed by atoms with van der Waals surface area (Å²) in [6.07, 6.45) is 4.27. The smallest absolute Gasteiger partial charge is 0.223 e. The lowest BCUT2D eigenvalue weighted by Crippen LogP contribution is -2.23. The number of methoxy groups -OCH3 is 1. The van der Waals surface area contributed by atoms with Gasteiger partial charge in [-0.2, -0.15) is 4.98 Å². The minimum absolute atomic E-state index is 0.361. The highest BCUT2D eigenvalue weighted by Gasteiger charge is 2.35. The molecule has 0 saturated carbocycles. The van der Waals surface area contributed by atoms with Crippen LogP contribution in [0.3, 0.4) is 0 Å². The van der Waals surface area contributed by atoms with Gasteiger partial charge in [-0.15, -0.1) is 11.8 Å². The minimum Gasteiger partial charge on any atom is -0.496 e. The van der Waals surface area contributed by atoms with E-state index in [1.807, 2.05) is 24.9 Å². The average molecular weight is 357 g/mol. The Hall–Kier alpha value is -2.02. The van der Waals surface area contributed by atoms with E-state index < -0.39 is 0 Å². The molecule has 0 spiro atoms. The standard InChI is InChI=1S/C18H23N5OS/c1-10-7-20-13(11(2)15(10)24-3)9-23-8-12-5-4-6-25-17-14(12)16(23)21-18(19)22-17/h7,12H,4-6,8-9H2,1-3H3,(H2,19,21,22). The Balaban J connectivity index is 1.72. The maximum atomic E-state index is 5.98. The summed E-state index contributed by atoms with van der Waals surface area (Å²) in [5.74, 6) is 3.87. The van der Waals surface area contributed by atoms with E-state index in [9.17, 15) is 0 Å². The first-order chi connectivity index (χ1) is 12.1. The zero-order valence-electron chi connectivity index (χ0n) is 14.9. The number of nitrogen functional groups attached to an aromatic ring is 1. The van der Waals surface area contributed by atoms with Gasteiger partial charge in [0.15, 0.2) is 0 Å². The van der Waals surface area contributed by atoms with E-state index in [0.717, 1.165) is 45.7 Å². The molecule has 1 unspecified atom stereocenters. The number of anilines is 2. The normalized spacial score (nSPS) is 18.8. The zero-order valence-corrected chi connectivity index (χ0v) is 15.7. The van der Waals surface area contributed by atoms with Crippen LogP contribution in [-0.4, -0.2) is 34.4 Å². The number of ether oxygens (including phenoxy) is 1. The molecular formula is C18H23N5OS. The highest BCUT2D eigenvalue weighted by atomic mass is 32.2. The van der Waals surface area contributed by atoms with Crippen molar-refractivity contribution >= 4 is 23.5 Å². The lowest BCUT2D eigenvalue weighted by Gasteiger charge is -2.21. The molecule has 132 valence electrons. The number of nitrogens with two attached hydrogens (primary N) is 1. The Bertz CT molecular complexity index is 826. The van der Waals surface area contributed by atoms with Crippen molar-refractivity contribution in [2.24, 2.45) is 0 Å². The Morgan fingerprint density at radius 1 is 1.36 bits per heavy atom. The van der Waals surface area contributed by atoms with E-state index in [1.165, 1.54) is 18.4 Å². The van der Waals surface area contributed by atoms with Crippen LogP contribution >= 0.6 is 11.8 Å². The Morgan fingerprint density at radius 2 is 2.20 bits per heavy atom. The Kier molecular flexibility index (Phi) is 4.19. The fraction of sp³-hybridized carbons (Fsp3) is 0.500. The number of nitrogens with zero attached hydrogens (tertiary/aromatic N) is 4. The molecule has 0 amide bonds. The number of aromatic nitrogens is 3. The summed E-state index contributed by atoms with van der Waals surface area (Å²) in [4.78, 5) is 16.0. The summed E-state index contributed by atoms with van der Waals surface area (Å²) in [5.41, 5.74) is 10.4. The summed E-state index contributed by atoms with van der Waals surface area (Å²) < 4.78 is 5.55. The van der Waals surface area contributed by atoms with Crippen LogP contribution in [-0.2, 0) is 6.54 Å². The fourth-order valence-corrected chi connectivity index (χ4v) is 4.97. The van der Waals surface area contributed by atoms with Crippen molar-refractivity contribution in [2.45, 2.75) is 44.2 Å². The van der Waals surface area contributed by atoms with Gasteiger partial charge in [0.1, 0.15) is 16.6 Å². The number of rotatable bonds is 3. The monoisotopic (exact) mass is 357 g/mol. The number of hydrogen-bond donors (Lipinski definition) is 1. The van der Waals surface area contributed by atoms with Gasteiger partial charge in [0.05, 0.1) is 19.3 Å². The molecule has 2 aromatic rings. The first-order valence-corrected chi connectivity index (χ1v) is 9.61. The largest absolute Gasteiger partial charge is 0.496 e. The summed E-state index contributed by atoms with van der Waals surface area (Å²) in [6, 6.07) is 0. The maximum Gasteiger partial charge on any atom is 0.223 e. The number of aryl methyl sites for hydroxylation is 1. The molecule has 2 aromatic heterocycles. The SMILES string of the molecule is COc1c(C)cnc(CN2CC3CCCSc4nc(N)nc2c43)c1C.